The highest BCUT2D eigenvalue weighted by molar-refractivity contribution is 6.31. The molecule has 0 aliphatic rings. The van der Waals surface area contributed by atoms with Gasteiger partial charge in [0.2, 0.25) is 0 Å². The van der Waals surface area contributed by atoms with Crippen molar-refractivity contribution in [1.29, 1.82) is 0 Å². The maximum Gasteiger partial charge on any atom is 0.255 e. The number of aromatic nitrogens is 2. The van der Waals surface area contributed by atoms with Gasteiger partial charge in [0.05, 0.1) is 23.6 Å². The third-order valence-electron chi connectivity index (χ3n) is 4.91. The summed E-state index contributed by atoms with van der Waals surface area (Å²) in [5.74, 6) is -0.196. The van der Waals surface area contributed by atoms with E-state index in [1.807, 2.05) is 30.7 Å². The van der Waals surface area contributed by atoms with E-state index < -0.39 is 0 Å². The second-order valence-electron chi connectivity index (χ2n) is 6.81. The molecule has 0 spiro atoms. The summed E-state index contributed by atoms with van der Waals surface area (Å²) in [5, 5.41) is 10.6. The summed E-state index contributed by atoms with van der Waals surface area (Å²) in [5.41, 5.74) is 4.16. The summed E-state index contributed by atoms with van der Waals surface area (Å²) in [4.78, 5) is 12.6. The third kappa shape index (κ3) is 3.51. The first kappa shape index (κ1) is 18.3. The average Bonchev–Trinajstić information content (AvgIpc) is 2.95. The van der Waals surface area contributed by atoms with Gasteiger partial charge < -0.3 is 5.32 Å². The lowest BCUT2D eigenvalue weighted by Crippen LogP contribution is -2.13. The molecule has 3 aromatic carbocycles. The van der Waals surface area contributed by atoms with Crippen LogP contribution in [0.5, 0.6) is 0 Å². The third-order valence-corrected chi connectivity index (χ3v) is 5.14. The summed E-state index contributed by atoms with van der Waals surface area (Å²) in [7, 11) is 0. The number of anilines is 1. The maximum absolute atomic E-state index is 12.6. The van der Waals surface area contributed by atoms with Gasteiger partial charge in [-0.15, -0.1) is 0 Å². The van der Waals surface area contributed by atoms with Gasteiger partial charge in [-0.05, 0) is 48.4 Å². The zero-order valence-electron chi connectivity index (χ0n) is 15.7. The number of amides is 1. The standard InChI is InChI=1S/C23H20ClN3O/c1-15-22(25-23(28)18-9-6-11-20(24)13-18)16(2)27(26-15)14-19-10-5-8-17-7-3-4-12-21(17)19/h3-13H,14H2,1-2H3,(H,25,28). The van der Waals surface area contributed by atoms with Gasteiger partial charge in [-0.1, -0.05) is 60.1 Å². The molecule has 1 aromatic heterocycles. The Morgan fingerprint density at radius 3 is 2.61 bits per heavy atom. The van der Waals surface area contributed by atoms with Crippen molar-refractivity contribution in [1.82, 2.24) is 9.78 Å². The molecule has 0 aliphatic carbocycles. The summed E-state index contributed by atoms with van der Waals surface area (Å²) < 4.78 is 1.94. The molecule has 5 heteroatoms. The van der Waals surface area contributed by atoms with Crippen molar-refractivity contribution in [2.75, 3.05) is 5.32 Å². The molecule has 4 rings (SSSR count). The van der Waals surface area contributed by atoms with Crippen LogP contribution in [-0.2, 0) is 6.54 Å². The second kappa shape index (κ2) is 7.49. The number of nitrogens with one attached hydrogen (secondary N) is 1. The number of hydrogen-bond donors (Lipinski definition) is 1. The number of halogens is 1. The van der Waals surface area contributed by atoms with Crippen molar-refractivity contribution in [2.24, 2.45) is 0 Å². The van der Waals surface area contributed by atoms with Gasteiger partial charge in [-0.2, -0.15) is 5.10 Å². The fourth-order valence-electron chi connectivity index (χ4n) is 3.44. The first-order chi connectivity index (χ1) is 13.5. The van der Waals surface area contributed by atoms with E-state index in [1.165, 1.54) is 16.3 Å². The van der Waals surface area contributed by atoms with Gasteiger partial charge >= 0.3 is 0 Å². The summed E-state index contributed by atoms with van der Waals surface area (Å²) in [6.07, 6.45) is 0. The molecule has 0 atom stereocenters. The topological polar surface area (TPSA) is 46.9 Å². The van der Waals surface area contributed by atoms with Gasteiger partial charge in [-0.25, -0.2) is 0 Å². The van der Waals surface area contributed by atoms with Crippen LogP contribution >= 0.6 is 11.6 Å². The Hall–Kier alpha value is -3.11. The van der Waals surface area contributed by atoms with Crippen LogP contribution in [0.2, 0.25) is 5.02 Å². The molecule has 0 fully saturated rings. The number of aryl methyl sites for hydroxylation is 1. The Balaban J connectivity index is 1.63. The number of fused-ring (bicyclic) bond motifs is 1. The van der Waals surface area contributed by atoms with Crippen LogP contribution < -0.4 is 5.32 Å². The zero-order valence-corrected chi connectivity index (χ0v) is 16.5. The number of carbonyl (C=O) groups excluding carboxylic acids is 1. The molecule has 0 bridgehead atoms. The average molecular weight is 390 g/mol. The van der Waals surface area contributed by atoms with Crippen molar-refractivity contribution in [3.63, 3.8) is 0 Å². The van der Waals surface area contributed by atoms with Crippen LogP contribution in [0.4, 0.5) is 5.69 Å². The maximum atomic E-state index is 12.6. The SMILES string of the molecule is Cc1nn(Cc2cccc3ccccc23)c(C)c1NC(=O)c1cccc(Cl)c1. The van der Waals surface area contributed by atoms with Crippen molar-refractivity contribution >= 4 is 34.0 Å². The Morgan fingerprint density at radius 2 is 1.79 bits per heavy atom. The fourth-order valence-corrected chi connectivity index (χ4v) is 3.63. The molecule has 4 nitrogen and oxygen atoms in total. The molecular weight excluding hydrogens is 370 g/mol. The largest absolute Gasteiger partial charge is 0.319 e. The summed E-state index contributed by atoms with van der Waals surface area (Å²) in [6, 6.07) is 21.5. The number of rotatable bonds is 4. The molecule has 1 amide bonds. The fraction of sp³-hybridized carbons (Fsp3) is 0.130. The van der Waals surface area contributed by atoms with Crippen LogP contribution in [0.15, 0.2) is 66.7 Å². The van der Waals surface area contributed by atoms with E-state index in [2.05, 4.69) is 40.7 Å². The monoisotopic (exact) mass is 389 g/mol. The predicted octanol–water partition coefficient (Wildman–Crippen LogP) is 5.61. The highest BCUT2D eigenvalue weighted by atomic mass is 35.5. The minimum absolute atomic E-state index is 0.196. The Labute approximate surface area is 168 Å². The van der Waals surface area contributed by atoms with E-state index >= 15 is 0 Å². The number of hydrogen-bond acceptors (Lipinski definition) is 2. The van der Waals surface area contributed by atoms with Crippen LogP contribution in [0.3, 0.4) is 0 Å². The highest BCUT2D eigenvalue weighted by Crippen LogP contribution is 2.24. The molecule has 1 heterocycles. The van der Waals surface area contributed by atoms with Gasteiger partial charge in [0.25, 0.3) is 5.91 Å². The first-order valence-electron chi connectivity index (χ1n) is 9.10. The summed E-state index contributed by atoms with van der Waals surface area (Å²) in [6.45, 7) is 4.51. The summed E-state index contributed by atoms with van der Waals surface area (Å²) >= 11 is 6.00. The lowest BCUT2D eigenvalue weighted by molar-refractivity contribution is 0.102. The first-order valence-corrected chi connectivity index (χ1v) is 9.48. The molecule has 28 heavy (non-hydrogen) atoms. The highest BCUT2D eigenvalue weighted by Gasteiger charge is 2.16. The number of nitrogens with zero attached hydrogens (tertiary/aromatic N) is 2. The van der Waals surface area contributed by atoms with E-state index in [-0.39, 0.29) is 5.91 Å². The zero-order chi connectivity index (χ0) is 19.7. The molecule has 0 aliphatic heterocycles. The molecule has 0 unspecified atom stereocenters. The van der Waals surface area contributed by atoms with E-state index in [1.54, 1.807) is 24.3 Å². The number of benzene rings is 3. The minimum Gasteiger partial charge on any atom is -0.319 e. The van der Waals surface area contributed by atoms with E-state index in [0.717, 1.165) is 17.1 Å². The molecular formula is C23H20ClN3O. The number of carbonyl (C=O) groups is 1. The van der Waals surface area contributed by atoms with Crippen molar-refractivity contribution in [3.05, 3.63) is 94.3 Å². The second-order valence-corrected chi connectivity index (χ2v) is 7.24. The van der Waals surface area contributed by atoms with E-state index in [4.69, 9.17) is 11.6 Å². The van der Waals surface area contributed by atoms with Gasteiger partial charge in [-0.3, -0.25) is 9.48 Å². The molecule has 1 N–H and O–H groups in total. The Morgan fingerprint density at radius 1 is 1.04 bits per heavy atom. The molecule has 0 radical (unpaired) electrons. The Kier molecular flexibility index (Phi) is 4.88. The molecule has 4 aromatic rings. The van der Waals surface area contributed by atoms with Crippen LogP contribution in [0.25, 0.3) is 10.8 Å². The van der Waals surface area contributed by atoms with Gasteiger partial charge in [0.15, 0.2) is 0 Å². The van der Waals surface area contributed by atoms with Crippen LogP contribution in [-0.4, -0.2) is 15.7 Å². The normalized spacial score (nSPS) is 11.0. The predicted molar refractivity (Wildman–Crippen MR) is 114 cm³/mol. The smallest absolute Gasteiger partial charge is 0.255 e. The quantitative estimate of drug-likeness (QED) is 0.493. The Bertz CT molecular complexity index is 1170. The minimum atomic E-state index is -0.196. The van der Waals surface area contributed by atoms with E-state index in [0.29, 0.717) is 17.1 Å². The van der Waals surface area contributed by atoms with Gasteiger partial charge in [0.1, 0.15) is 0 Å². The molecule has 0 saturated carbocycles. The molecule has 0 saturated heterocycles. The molecule has 140 valence electrons. The van der Waals surface area contributed by atoms with Crippen LogP contribution in [0.1, 0.15) is 27.3 Å². The van der Waals surface area contributed by atoms with Crippen LogP contribution in [0, 0.1) is 13.8 Å². The van der Waals surface area contributed by atoms with Crippen molar-refractivity contribution in [3.8, 4) is 0 Å². The van der Waals surface area contributed by atoms with Crippen molar-refractivity contribution < 1.29 is 4.79 Å². The lowest BCUT2D eigenvalue weighted by Gasteiger charge is -2.10. The van der Waals surface area contributed by atoms with Gasteiger partial charge in [0, 0.05) is 10.6 Å². The van der Waals surface area contributed by atoms with Crippen molar-refractivity contribution in [2.45, 2.75) is 20.4 Å². The van der Waals surface area contributed by atoms with E-state index in [9.17, 15) is 4.79 Å². The lowest BCUT2D eigenvalue weighted by atomic mass is 10.0.